The molecule has 5 nitrogen and oxygen atoms in total. The topological polar surface area (TPSA) is 56.1 Å². The highest BCUT2D eigenvalue weighted by molar-refractivity contribution is 5.94. The molecule has 1 atom stereocenters. The number of amides is 1. The number of hydrogen-bond acceptors (Lipinski definition) is 3. The Kier molecular flexibility index (Phi) is 5.16. The molecule has 7 heteroatoms. The second-order valence-corrected chi connectivity index (χ2v) is 5.76. The molecule has 3 rings (SSSR count). The molecule has 0 aliphatic carbocycles. The highest BCUT2D eigenvalue weighted by Crippen LogP contribution is 2.26. The minimum absolute atomic E-state index is 0.112. The van der Waals surface area contributed by atoms with Crippen LogP contribution < -0.4 is 10.1 Å². The van der Waals surface area contributed by atoms with Gasteiger partial charge in [-0.05, 0) is 50.2 Å². The van der Waals surface area contributed by atoms with E-state index in [4.69, 9.17) is 4.74 Å². The van der Waals surface area contributed by atoms with Gasteiger partial charge in [0.1, 0.15) is 11.6 Å². The summed E-state index contributed by atoms with van der Waals surface area (Å²) in [6.07, 6.45) is 0. The van der Waals surface area contributed by atoms with Crippen molar-refractivity contribution in [1.29, 1.82) is 0 Å². The lowest BCUT2D eigenvalue weighted by Gasteiger charge is -2.16. The zero-order valence-electron chi connectivity index (χ0n) is 14.4. The number of carbonyl (C=O) groups excluding carboxylic acids is 1. The third-order valence-corrected chi connectivity index (χ3v) is 3.98. The van der Waals surface area contributed by atoms with Gasteiger partial charge in [0.2, 0.25) is 0 Å². The molecular formula is C19H19F2N3O2. The predicted molar refractivity (Wildman–Crippen MR) is 94.5 cm³/mol. The van der Waals surface area contributed by atoms with Gasteiger partial charge in [-0.2, -0.15) is 8.78 Å². The lowest BCUT2D eigenvalue weighted by molar-refractivity contribution is 0.0688. The lowest BCUT2D eigenvalue weighted by atomic mass is 10.2. The van der Waals surface area contributed by atoms with E-state index in [-0.39, 0.29) is 11.7 Å². The van der Waals surface area contributed by atoms with Crippen LogP contribution in [-0.4, -0.2) is 22.1 Å². The summed E-state index contributed by atoms with van der Waals surface area (Å²) in [5.41, 5.74) is 1.21. The monoisotopic (exact) mass is 359 g/mol. The fourth-order valence-electron chi connectivity index (χ4n) is 2.79. The number of fused-ring (bicyclic) bond motifs is 1. The van der Waals surface area contributed by atoms with Crippen molar-refractivity contribution in [2.45, 2.75) is 26.4 Å². The third-order valence-electron chi connectivity index (χ3n) is 3.98. The van der Waals surface area contributed by atoms with Gasteiger partial charge < -0.3 is 10.1 Å². The van der Waals surface area contributed by atoms with Crippen molar-refractivity contribution in [2.24, 2.45) is 0 Å². The second kappa shape index (κ2) is 7.51. The van der Waals surface area contributed by atoms with Crippen molar-refractivity contribution in [3.8, 4) is 5.75 Å². The van der Waals surface area contributed by atoms with Gasteiger partial charge in [0.25, 0.3) is 5.91 Å². The van der Waals surface area contributed by atoms with Crippen molar-refractivity contribution < 1.29 is 18.3 Å². The molecule has 0 spiro atoms. The molecule has 0 fully saturated rings. The maximum Gasteiger partial charge on any atom is 0.320 e. The summed E-state index contributed by atoms with van der Waals surface area (Å²) in [6.45, 7) is 1.29. The number of para-hydroxylation sites is 2. The minimum Gasteiger partial charge on any atom is -0.494 e. The van der Waals surface area contributed by atoms with E-state index in [9.17, 15) is 13.6 Å². The van der Waals surface area contributed by atoms with Gasteiger partial charge in [-0.25, -0.2) is 4.98 Å². The summed E-state index contributed by atoms with van der Waals surface area (Å²) < 4.78 is 33.2. The quantitative estimate of drug-likeness (QED) is 0.713. The highest BCUT2D eigenvalue weighted by atomic mass is 19.3. The number of benzene rings is 2. The van der Waals surface area contributed by atoms with Crippen LogP contribution in [0.25, 0.3) is 11.0 Å². The molecule has 1 N–H and O–H groups in total. The molecule has 0 unspecified atom stereocenters. The van der Waals surface area contributed by atoms with Crippen LogP contribution in [0.1, 0.15) is 42.6 Å². The van der Waals surface area contributed by atoms with Gasteiger partial charge in [0.05, 0.1) is 23.7 Å². The second-order valence-electron chi connectivity index (χ2n) is 5.76. The molecule has 1 amide bonds. The van der Waals surface area contributed by atoms with Crippen LogP contribution in [0.5, 0.6) is 5.75 Å². The van der Waals surface area contributed by atoms with E-state index >= 15 is 0 Å². The predicted octanol–water partition coefficient (Wildman–Crippen LogP) is 4.32. The van der Waals surface area contributed by atoms with Gasteiger partial charge in [-0.3, -0.25) is 9.36 Å². The zero-order chi connectivity index (χ0) is 18.7. The Morgan fingerprint density at radius 2 is 1.88 bits per heavy atom. The summed E-state index contributed by atoms with van der Waals surface area (Å²) in [4.78, 5) is 16.7. The first-order valence-corrected chi connectivity index (χ1v) is 8.30. The van der Waals surface area contributed by atoms with Gasteiger partial charge in [-0.15, -0.1) is 0 Å². The van der Waals surface area contributed by atoms with Crippen molar-refractivity contribution in [2.75, 3.05) is 6.61 Å². The van der Waals surface area contributed by atoms with Gasteiger partial charge in [-0.1, -0.05) is 12.1 Å². The van der Waals surface area contributed by atoms with Crippen LogP contribution in [0.2, 0.25) is 0 Å². The average molecular weight is 359 g/mol. The van der Waals surface area contributed by atoms with E-state index in [1.165, 1.54) is 0 Å². The van der Waals surface area contributed by atoms with Crippen LogP contribution in [0.15, 0.2) is 48.5 Å². The highest BCUT2D eigenvalue weighted by Gasteiger charge is 2.23. The van der Waals surface area contributed by atoms with Crippen molar-refractivity contribution in [3.63, 3.8) is 0 Å². The maximum atomic E-state index is 13.5. The molecule has 0 radical (unpaired) electrons. The van der Waals surface area contributed by atoms with E-state index in [1.54, 1.807) is 55.5 Å². The van der Waals surface area contributed by atoms with Crippen LogP contribution >= 0.6 is 0 Å². The van der Waals surface area contributed by atoms with E-state index in [2.05, 4.69) is 10.3 Å². The van der Waals surface area contributed by atoms with E-state index in [0.717, 1.165) is 4.57 Å². The summed E-state index contributed by atoms with van der Waals surface area (Å²) in [5.74, 6) is 0.408. The molecule has 3 aromatic rings. The molecule has 26 heavy (non-hydrogen) atoms. The molecule has 2 aromatic carbocycles. The molecule has 0 saturated heterocycles. The number of imidazole rings is 1. The lowest BCUT2D eigenvalue weighted by Crippen LogP contribution is -2.28. The number of halogens is 2. The summed E-state index contributed by atoms with van der Waals surface area (Å²) in [6, 6.07) is 12.6. The Bertz CT molecular complexity index is 907. The van der Waals surface area contributed by atoms with Crippen molar-refractivity contribution in [1.82, 2.24) is 14.9 Å². The number of alkyl halides is 2. The molecule has 0 aliphatic rings. The number of hydrogen-bond donors (Lipinski definition) is 1. The van der Waals surface area contributed by atoms with Crippen LogP contribution in [0.3, 0.4) is 0 Å². The van der Waals surface area contributed by atoms with Crippen molar-refractivity contribution in [3.05, 3.63) is 59.9 Å². The molecule has 136 valence electrons. The average Bonchev–Trinajstić information content (AvgIpc) is 3.02. The Morgan fingerprint density at radius 1 is 1.19 bits per heavy atom. The number of rotatable bonds is 6. The van der Waals surface area contributed by atoms with Crippen LogP contribution in [-0.2, 0) is 0 Å². The van der Waals surface area contributed by atoms with E-state index in [0.29, 0.717) is 29.0 Å². The standard InChI is InChI=1S/C19H19F2N3O2/c1-3-26-14-10-8-13(9-11-14)18(25)22-12(2)17-23-15-6-4-5-7-16(15)24(17)19(20)21/h4-12,19H,3H2,1-2H3,(H,22,25)/t12-/m1/s1. The molecule has 1 aromatic heterocycles. The Morgan fingerprint density at radius 3 is 2.54 bits per heavy atom. The van der Waals surface area contributed by atoms with E-state index in [1.807, 2.05) is 6.92 Å². The molecule has 0 bridgehead atoms. The summed E-state index contributed by atoms with van der Waals surface area (Å²) in [7, 11) is 0. The number of ether oxygens (including phenoxy) is 1. The first-order chi connectivity index (χ1) is 12.5. The Labute approximate surface area is 149 Å². The summed E-state index contributed by atoms with van der Waals surface area (Å²) in [5, 5.41) is 2.72. The van der Waals surface area contributed by atoms with Gasteiger partial charge in [0, 0.05) is 5.56 Å². The molecule has 0 aliphatic heterocycles. The number of nitrogens with zero attached hydrogens (tertiary/aromatic N) is 2. The van der Waals surface area contributed by atoms with Gasteiger partial charge in [0.15, 0.2) is 0 Å². The fraction of sp³-hybridized carbons (Fsp3) is 0.263. The third kappa shape index (κ3) is 3.51. The Hall–Kier alpha value is -2.96. The number of carbonyl (C=O) groups is 1. The number of nitrogens with one attached hydrogen (secondary N) is 1. The molecule has 0 saturated carbocycles. The minimum atomic E-state index is -2.75. The largest absolute Gasteiger partial charge is 0.494 e. The fourth-order valence-corrected chi connectivity index (χ4v) is 2.79. The zero-order valence-corrected chi connectivity index (χ0v) is 14.4. The van der Waals surface area contributed by atoms with Crippen LogP contribution in [0.4, 0.5) is 8.78 Å². The molecule has 1 heterocycles. The van der Waals surface area contributed by atoms with Crippen LogP contribution in [0, 0.1) is 0 Å². The first-order valence-electron chi connectivity index (χ1n) is 8.30. The molecular weight excluding hydrogens is 340 g/mol. The Balaban J connectivity index is 1.83. The smallest absolute Gasteiger partial charge is 0.320 e. The van der Waals surface area contributed by atoms with Gasteiger partial charge >= 0.3 is 6.55 Å². The SMILES string of the molecule is CCOc1ccc(C(=O)N[C@H](C)c2nc3ccccc3n2C(F)F)cc1. The number of aromatic nitrogens is 2. The van der Waals surface area contributed by atoms with Crippen molar-refractivity contribution >= 4 is 16.9 Å². The normalized spacial score (nSPS) is 12.3. The van der Waals surface area contributed by atoms with E-state index < -0.39 is 12.6 Å². The first kappa shape index (κ1) is 17.8. The summed E-state index contributed by atoms with van der Waals surface area (Å²) >= 11 is 0. The maximum absolute atomic E-state index is 13.5.